The lowest BCUT2D eigenvalue weighted by Gasteiger charge is -2.26. The summed E-state index contributed by atoms with van der Waals surface area (Å²) in [5.74, 6) is -5.89. The Balaban J connectivity index is 3.10. The number of carbonyl (C=O) groups is 6. The molecule has 0 aromatic heterocycles. The highest BCUT2D eigenvalue weighted by molar-refractivity contribution is 7.98. The maximum Gasteiger partial charge on any atom is 0.326 e. The molecule has 0 spiro atoms. The molecule has 12 N–H and O–H groups in total. The van der Waals surface area contributed by atoms with E-state index in [1.807, 2.05) is 0 Å². The Kier molecular flexibility index (Phi) is 15.3. The highest BCUT2D eigenvalue weighted by atomic mass is 32.2. The van der Waals surface area contributed by atoms with Crippen LogP contribution in [0.4, 0.5) is 0 Å². The van der Waals surface area contributed by atoms with Crippen molar-refractivity contribution in [2.75, 3.05) is 18.6 Å². The summed E-state index contributed by atoms with van der Waals surface area (Å²) in [7, 11) is 0. The molecule has 6 atom stereocenters. The van der Waals surface area contributed by atoms with E-state index in [4.69, 9.17) is 11.5 Å². The molecule has 17 heteroatoms. The van der Waals surface area contributed by atoms with Gasteiger partial charge in [0.15, 0.2) is 0 Å². The number of benzene rings is 1. The SMILES string of the molecule is CSCC[C@H](NC(=O)[C@H](CO)NC(=O)[C@H](Cc1ccc(O)cc1)NC(=O)[C@@H](N)[C@@H](C)O)C(=O)N[C@@H](CC(N)=O)C(=O)O. The third kappa shape index (κ3) is 12.3. The zero-order chi connectivity index (χ0) is 32.0. The number of primary amides is 1. The second-order valence-electron chi connectivity index (χ2n) is 9.35. The lowest BCUT2D eigenvalue weighted by molar-refractivity contribution is -0.143. The zero-order valence-corrected chi connectivity index (χ0v) is 23.9. The number of aliphatic hydroxyl groups excluding tert-OH is 2. The first-order valence-corrected chi connectivity index (χ1v) is 14.1. The molecule has 0 aliphatic carbocycles. The Labute approximate surface area is 246 Å². The van der Waals surface area contributed by atoms with Crippen molar-refractivity contribution in [2.24, 2.45) is 11.5 Å². The zero-order valence-electron chi connectivity index (χ0n) is 23.1. The number of carboxylic acids is 1. The summed E-state index contributed by atoms with van der Waals surface area (Å²) >= 11 is 1.33. The second kappa shape index (κ2) is 17.8. The molecule has 0 saturated heterocycles. The summed E-state index contributed by atoms with van der Waals surface area (Å²) in [5.41, 5.74) is 11.2. The van der Waals surface area contributed by atoms with Crippen molar-refractivity contribution in [1.29, 1.82) is 0 Å². The number of aromatic hydroxyl groups is 1. The van der Waals surface area contributed by atoms with E-state index in [1.54, 1.807) is 6.26 Å². The number of hydrogen-bond donors (Lipinski definition) is 10. The molecule has 0 aliphatic rings. The number of hydrogen-bond acceptors (Lipinski definition) is 11. The number of aliphatic carboxylic acids is 1. The first-order chi connectivity index (χ1) is 19.7. The average molecular weight is 615 g/mol. The minimum Gasteiger partial charge on any atom is -0.508 e. The van der Waals surface area contributed by atoms with Gasteiger partial charge in [0, 0.05) is 6.42 Å². The molecule has 42 heavy (non-hydrogen) atoms. The summed E-state index contributed by atoms with van der Waals surface area (Å²) in [6.45, 7) is 0.364. The van der Waals surface area contributed by atoms with Gasteiger partial charge in [0.1, 0.15) is 36.0 Å². The highest BCUT2D eigenvalue weighted by Crippen LogP contribution is 2.12. The van der Waals surface area contributed by atoms with Gasteiger partial charge in [0.05, 0.1) is 19.1 Å². The fraction of sp³-hybridized carbons (Fsp3) is 0.520. The van der Waals surface area contributed by atoms with Gasteiger partial charge in [0.25, 0.3) is 0 Å². The van der Waals surface area contributed by atoms with E-state index >= 15 is 0 Å². The number of rotatable bonds is 18. The number of nitrogens with one attached hydrogen (secondary N) is 4. The van der Waals surface area contributed by atoms with E-state index in [-0.39, 0.29) is 18.6 Å². The summed E-state index contributed by atoms with van der Waals surface area (Å²) in [4.78, 5) is 74.0. The monoisotopic (exact) mass is 614 g/mol. The first kappa shape index (κ1) is 36.1. The molecule has 234 valence electrons. The molecule has 1 rings (SSSR count). The van der Waals surface area contributed by atoms with Crippen LogP contribution in [0.2, 0.25) is 0 Å². The lowest BCUT2D eigenvalue weighted by atomic mass is 10.0. The number of aliphatic hydroxyl groups is 2. The van der Waals surface area contributed by atoms with E-state index in [9.17, 15) is 49.2 Å². The average Bonchev–Trinajstić information content (AvgIpc) is 2.92. The molecule has 0 heterocycles. The Hall–Kier alpha value is -3.93. The Morgan fingerprint density at radius 2 is 1.36 bits per heavy atom. The van der Waals surface area contributed by atoms with Crippen LogP contribution in [-0.4, -0.2) is 111 Å². The molecular formula is C25H38N6O10S. The Morgan fingerprint density at radius 3 is 1.86 bits per heavy atom. The molecule has 1 aromatic rings. The van der Waals surface area contributed by atoms with Crippen LogP contribution in [0.3, 0.4) is 0 Å². The first-order valence-electron chi connectivity index (χ1n) is 12.7. The minimum absolute atomic E-state index is 0.0323. The van der Waals surface area contributed by atoms with Crippen molar-refractivity contribution in [3.63, 3.8) is 0 Å². The summed E-state index contributed by atoms with van der Waals surface area (Å²) in [6.07, 6.45) is -0.297. The Bertz CT molecular complexity index is 1100. The van der Waals surface area contributed by atoms with Gasteiger partial charge in [-0.2, -0.15) is 11.8 Å². The molecule has 16 nitrogen and oxygen atoms in total. The van der Waals surface area contributed by atoms with E-state index in [0.717, 1.165) is 0 Å². The fourth-order valence-corrected chi connectivity index (χ4v) is 3.95. The van der Waals surface area contributed by atoms with E-state index in [0.29, 0.717) is 11.3 Å². The predicted molar refractivity (Wildman–Crippen MR) is 151 cm³/mol. The number of phenolic OH excluding ortho intramolecular Hbond substituents is 1. The second-order valence-corrected chi connectivity index (χ2v) is 10.3. The van der Waals surface area contributed by atoms with E-state index < -0.39 is 84.8 Å². The van der Waals surface area contributed by atoms with Gasteiger partial charge in [-0.1, -0.05) is 12.1 Å². The summed E-state index contributed by atoms with van der Waals surface area (Å²) in [5, 5.41) is 47.5. The van der Waals surface area contributed by atoms with Crippen LogP contribution in [0, 0.1) is 0 Å². The summed E-state index contributed by atoms with van der Waals surface area (Å²) < 4.78 is 0. The number of amides is 5. The van der Waals surface area contributed by atoms with Crippen molar-refractivity contribution < 1.29 is 49.2 Å². The van der Waals surface area contributed by atoms with Crippen molar-refractivity contribution >= 4 is 47.3 Å². The predicted octanol–water partition coefficient (Wildman–Crippen LogP) is -3.71. The molecule has 0 saturated carbocycles. The molecule has 1 aromatic carbocycles. The van der Waals surface area contributed by atoms with Gasteiger partial charge >= 0.3 is 5.97 Å². The van der Waals surface area contributed by atoms with Crippen LogP contribution in [-0.2, 0) is 35.2 Å². The molecule has 0 unspecified atom stereocenters. The number of nitrogens with two attached hydrogens (primary N) is 2. The van der Waals surface area contributed by atoms with E-state index in [2.05, 4.69) is 21.3 Å². The normalized spacial score (nSPS) is 15.2. The van der Waals surface area contributed by atoms with Crippen molar-refractivity contribution in [1.82, 2.24) is 21.3 Å². The number of carbonyl (C=O) groups excluding carboxylic acids is 5. The van der Waals surface area contributed by atoms with Crippen LogP contribution in [0.5, 0.6) is 5.75 Å². The molecule has 5 amide bonds. The van der Waals surface area contributed by atoms with Crippen molar-refractivity contribution in [3.8, 4) is 5.75 Å². The van der Waals surface area contributed by atoms with Gasteiger partial charge in [-0.3, -0.25) is 24.0 Å². The van der Waals surface area contributed by atoms with Gasteiger partial charge in [-0.05, 0) is 43.0 Å². The maximum absolute atomic E-state index is 13.2. The standard InChI is InChI=1S/C25H38N6O10S/c1-12(33)20(27)24(39)29-16(9-13-3-5-14(34)6-4-13)22(37)31-18(11-32)23(38)28-15(7-8-42-2)21(36)30-17(25(40)41)10-19(26)35/h3-6,12,15-18,20,32-34H,7-11,27H2,1-2H3,(H2,26,35)(H,28,38)(H,29,39)(H,30,36)(H,31,37)(H,40,41)/t12-,15+,16+,17+,18+,20+/m1/s1. The molecule has 0 bridgehead atoms. The fourth-order valence-electron chi connectivity index (χ4n) is 3.48. The van der Waals surface area contributed by atoms with Crippen LogP contribution in [0.25, 0.3) is 0 Å². The maximum atomic E-state index is 13.2. The lowest BCUT2D eigenvalue weighted by Crippen LogP contribution is -2.60. The number of carboxylic acid groups (broad SMARTS) is 1. The molecule has 0 aliphatic heterocycles. The largest absolute Gasteiger partial charge is 0.508 e. The molecule has 0 fully saturated rings. The number of thioether (sulfide) groups is 1. The Morgan fingerprint density at radius 1 is 0.857 bits per heavy atom. The van der Waals surface area contributed by atoms with Crippen molar-refractivity contribution in [3.05, 3.63) is 29.8 Å². The van der Waals surface area contributed by atoms with Gasteiger partial charge < -0.3 is 53.2 Å². The number of phenols is 1. The highest BCUT2D eigenvalue weighted by Gasteiger charge is 2.32. The van der Waals surface area contributed by atoms with Crippen LogP contribution in [0.15, 0.2) is 24.3 Å². The third-order valence-electron chi connectivity index (χ3n) is 5.91. The summed E-state index contributed by atoms with van der Waals surface area (Å²) in [6, 6.07) is -1.57. The quantitative estimate of drug-likeness (QED) is 0.0764. The van der Waals surface area contributed by atoms with Crippen LogP contribution >= 0.6 is 11.8 Å². The van der Waals surface area contributed by atoms with Gasteiger partial charge in [0.2, 0.25) is 29.5 Å². The topological polar surface area (TPSA) is 284 Å². The smallest absolute Gasteiger partial charge is 0.326 e. The minimum atomic E-state index is -1.64. The van der Waals surface area contributed by atoms with Crippen LogP contribution in [0.1, 0.15) is 25.3 Å². The molecular weight excluding hydrogens is 576 g/mol. The van der Waals surface area contributed by atoms with Gasteiger partial charge in [-0.25, -0.2) is 4.79 Å². The van der Waals surface area contributed by atoms with Gasteiger partial charge in [-0.15, -0.1) is 0 Å². The third-order valence-corrected chi connectivity index (χ3v) is 6.55. The van der Waals surface area contributed by atoms with Crippen LogP contribution < -0.4 is 32.7 Å². The van der Waals surface area contributed by atoms with Crippen molar-refractivity contribution in [2.45, 2.75) is 62.5 Å². The van der Waals surface area contributed by atoms with E-state index in [1.165, 1.54) is 43.0 Å². The molecule has 0 radical (unpaired) electrons.